The standard InChI is InChI=1S/C14H14ClNO/c15-9-5-4-8-6-13-10(12(8)7-9)2-1-3-11(13)14(16)17/h4-5,7,11H,1-3,6H2,(H2,16,17)/i1D2,3D2,7D. The van der Waals surface area contributed by atoms with Crippen LogP contribution in [0, 0.1) is 5.92 Å². The maximum atomic E-state index is 11.8. The van der Waals surface area contributed by atoms with E-state index in [1.165, 1.54) is 0 Å². The monoisotopic (exact) mass is 252 g/mol. The lowest BCUT2D eigenvalue weighted by molar-refractivity contribution is -0.121. The minimum Gasteiger partial charge on any atom is -0.369 e. The van der Waals surface area contributed by atoms with Crippen molar-refractivity contribution < 1.29 is 11.6 Å². The van der Waals surface area contributed by atoms with Gasteiger partial charge < -0.3 is 5.73 Å². The van der Waals surface area contributed by atoms with Gasteiger partial charge in [-0.05, 0) is 60.0 Å². The van der Waals surface area contributed by atoms with Gasteiger partial charge >= 0.3 is 0 Å². The molecule has 0 aromatic heterocycles. The van der Waals surface area contributed by atoms with E-state index in [4.69, 9.17) is 24.2 Å². The van der Waals surface area contributed by atoms with Gasteiger partial charge in [0.2, 0.25) is 5.91 Å². The molecular formula is C14H14ClNO. The molecule has 1 aromatic carbocycles. The number of nitrogens with two attached hydrogens (primary N) is 1. The maximum absolute atomic E-state index is 11.8. The van der Waals surface area contributed by atoms with Crippen LogP contribution in [0.15, 0.2) is 23.7 Å². The average molecular weight is 253 g/mol. The number of primary amides is 1. The highest BCUT2D eigenvalue weighted by Crippen LogP contribution is 2.44. The van der Waals surface area contributed by atoms with Crippen LogP contribution < -0.4 is 5.73 Å². The number of rotatable bonds is 1. The van der Waals surface area contributed by atoms with Crippen LogP contribution in [0.2, 0.25) is 5.02 Å². The van der Waals surface area contributed by atoms with E-state index in [2.05, 4.69) is 0 Å². The van der Waals surface area contributed by atoms with Gasteiger partial charge in [-0.2, -0.15) is 0 Å². The van der Waals surface area contributed by atoms with Crippen molar-refractivity contribution in [3.8, 4) is 0 Å². The number of hydrogen-bond donors (Lipinski definition) is 1. The van der Waals surface area contributed by atoms with Crippen LogP contribution >= 0.6 is 11.6 Å². The summed E-state index contributed by atoms with van der Waals surface area (Å²) in [7, 11) is 0. The predicted octanol–water partition coefficient (Wildman–Crippen LogP) is 2.94. The van der Waals surface area contributed by atoms with Crippen molar-refractivity contribution in [1.29, 1.82) is 0 Å². The summed E-state index contributed by atoms with van der Waals surface area (Å²) < 4.78 is 40.3. The van der Waals surface area contributed by atoms with Crippen molar-refractivity contribution in [2.75, 3.05) is 0 Å². The molecule has 2 aliphatic rings. The number of hydrogen-bond acceptors (Lipinski definition) is 1. The van der Waals surface area contributed by atoms with E-state index in [-0.39, 0.29) is 17.5 Å². The van der Waals surface area contributed by atoms with E-state index >= 15 is 0 Å². The minimum absolute atomic E-state index is 0.0886. The fraction of sp³-hybridized carbons (Fsp3) is 0.357. The van der Waals surface area contributed by atoms with Gasteiger partial charge in [0.15, 0.2) is 0 Å². The van der Waals surface area contributed by atoms with Crippen molar-refractivity contribution in [3.63, 3.8) is 0 Å². The molecule has 0 saturated carbocycles. The van der Waals surface area contributed by atoms with E-state index in [9.17, 15) is 4.79 Å². The highest BCUT2D eigenvalue weighted by atomic mass is 35.5. The van der Waals surface area contributed by atoms with Gasteiger partial charge in [-0.25, -0.2) is 0 Å². The summed E-state index contributed by atoms with van der Waals surface area (Å²) in [5.74, 6) is -2.22. The molecule has 17 heavy (non-hydrogen) atoms. The number of carbonyl (C=O) groups excluding carboxylic acids is 1. The summed E-state index contributed by atoms with van der Waals surface area (Å²) in [4.78, 5) is 11.8. The van der Waals surface area contributed by atoms with Crippen molar-refractivity contribution >= 4 is 23.1 Å². The molecule has 3 rings (SSSR count). The smallest absolute Gasteiger partial charge is 0.224 e. The molecule has 0 fully saturated rings. The summed E-state index contributed by atoms with van der Waals surface area (Å²) in [5, 5.41) is 0.247. The summed E-state index contributed by atoms with van der Waals surface area (Å²) >= 11 is 5.98. The summed E-state index contributed by atoms with van der Waals surface area (Å²) in [6.07, 6.45) is -4.52. The average Bonchev–Trinajstić information content (AvgIpc) is 2.71. The maximum Gasteiger partial charge on any atom is 0.224 e. The quantitative estimate of drug-likeness (QED) is 0.821. The molecular weight excluding hydrogens is 234 g/mol. The highest BCUT2D eigenvalue weighted by Gasteiger charge is 2.32. The Kier molecular flexibility index (Phi) is 1.51. The number of carbonyl (C=O) groups is 1. The molecule has 0 radical (unpaired) electrons. The van der Waals surface area contributed by atoms with Crippen molar-refractivity contribution in [2.24, 2.45) is 11.7 Å². The topological polar surface area (TPSA) is 43.1 Å². The first-order valence-electron chi connectivity index (χ1n) is 7.87. The van der Waals surface area contributed by atoms with Gasteiger partial charge in [0.05, 0.1) is 7.29 Å². The van der Waals surface area contributed by atoms with Gasteiger partial charge in [0, 0.05) is 10.5 Å². The molecule has 1 unspecified atom stereocenters. The molecule has 88 valence electrons. The van der Waals surface area contributed by atoms with Crippen LogP contribution in [0.1, 0.15) is 37.1 Å². The molecule has 0 saturated heterocycles. The normalized spacial score (nSPS) is 32.5. The summed E-state index contributed by atoms with van der Waals surface area (Å²) in [5.41, 5.74) is 7.65. The molecule has 2 aliphatic carbocycles. The fourth-order valence-electron chi connectivity index (χ4n) is 2.44. The predicted molar refractivity (Wildman–Crippen MR) is 68.6 cm³/mol. The second kappa shape index (κ2) is 3.88. The molecule has 0 spiro atoms. The lowest BCUT2D eigenvalue weighted by Crippen LogP contribution is -2.27. The third-order valence-electron chi connectivity index (χ3n) is 3.21. The van der Waals surface area contributed by atoms with Gasteiger partial charge in [-0.15, -0.1) is 0 Å². The number of allylic oxidation sites excluding steroid dienone is 1. The molecule has 0 bridgehead atoms. The summed E-state index contributed by atoms with van der Waals surface area (Å²) in [6, 6.07) is 3.41. The zero-order chi connectivity index (χ0) is 16.4. The molecule has 1 aromatic rings. The Morgan fingerprint density at radius 2 is 2.41 bits per heavy atom. The van der Waals surface area contributed by atoms with E-state index in [1.54, 1.807) is 12.1 Å². The summed E-state index contributed by atoms with van der Waals surface area (Å²) in [6.45, 7) is 0. The zero-order valence-electron chi connectivity index (χ0n) is 14.0. The van der Waals surface area contributed by atoms with Crippen molar-refractivity contribution in [3.05, 3.63) is 39.9 Å². The van der Waals surface area contributed by atoms with Gasteiger partial charge in [0.1, 0.15) is 0 Å². The van der Waals surface area contributed by atoms with E-state index < -0.39 is 24.6 Å². The van der Waals surface area contributed by atoms with Gasteiger partial charge in [0.25, 0.3) is 0 Å². The first kappa shape index (κ1) is 6.60. The first-order chi connectivity index (χ1) is 10.1. The third kappa shape index (κ3) is 1.67. The number of halogens is 1. The minimum atomic E-state index is -2.38. The molecule has 0 aliphatic heterocycles. The zero-order valence-corrected chi connectivity index (χ0v) is 9.77. The number of amides is 1. The lowest BCUT2D eigenvalue weighted by Gasteiger charge is -2.22. The SMILES string of the molecule is [2H]c1c(Cl)ccc2c1C1=C(C2)C(C(N)=O)C([2H])([2H])C([2H])([2H])C1. The van der Waals surface area contributed by atoms with E-state index in [0.29, 0.717) is 23.1 Å². The Balaban J connectivity index is 2.26. The number of fused-ring (bicyclic) bond motifs is 2. The Morgan fingerprint density at radius 3 is 3.18 bits per heavy atom. The number of benzene rings is 1. The highest BCUT2D eigenvalue weighted by molar-refractivity contribution is 6.30. The first-order valence-corrected chi connectivity index (χ1v) is 5.75. The molecule has 0 heterocycles. The van der Waals surface area contributed by atoms with Crippen LogP contribution in [0.4, 0.5) is 0 Å². The Labute approximate surface area is 112 Å². The van der Waals surface area contributed by atoms with Crippen LogP contribution in [0.3, 0.4) is 0 Å². The Morgan fingerprint density at radius 1 is 1.59 bits per heavy atom. The van der Waals surface area contributed by atoms with Crippen molar-refractivity contribution in [2.45, 2.75) is 25.6 Å². The largest absolute Gasteiger partial charge is 0.369 e. The van der Waals surface area contributed by atoms with E-state index in [0.717, 1.165) is 5.56 Å². The van der Waals surface area contributed by atoms with Gasteiger partial charge in [-0.3, -0.25) is 4.79 Å². The lowest BCUT2D eigenvalue weighted by atomic mass is 9.82. The molecule has 2 nitrogen and oxygen atoms in total. The van der Waals surface area contributed by atoms with Crippen LogP contribution in [0.5, 0.6) is 0 Å². The fourth-order valence-corrected chi connectivity index (χ4v) is 2.59. The van der Waals surface area contributed by atoms with Crippen LogP contribution in [0.25, 0.3) is 5.57 Å². The van der Waals surface area contributed by atoms with Crippen LogP contribution in [-0.2, 0) is 11.2 Å². The third-order valence-corrected chi connectivity index (χ3v) is 3.43. The van der Waals surface area contributed by atoms with Crippen molar-refractivity contribution in [1.82, 2.24) is 0 Å². The van der Waals surface area contributed by atoms with E-state index in [1.807, 2.05) is 0 Å². The molecule has 1 atom stereocenters. The molecule has 1 amide bonds. The molecule has 2 N–H and O–H groups in total. The van der Waals surface area contributed by atoms with Gasteiger partial charge in [-0.1, -0.05) is 17.7 Å². The second-order valence-electron chi connectivity index (χ2n) is 4.22. The second-order valence-corrected chi connectivity index (χ2v) is 4.63. The molecule has 3 heteroatoms. The van der Waals surface area contributed by atoms with Crippen LogP contribution in [-0.4, -0.2) is 5.91 Å². The Hall–Kier alpha value is -1.28. The Bertz CT molecular complexity index is 728.